The third-order valence-electron chi connectivity index (χ3n) is 9.38. The quantitative estimate of drug-likeness (QED) is 0.172. The van der Waals surface area contributed by atoms with E-state index in [0.717, 1.165) is 69.0 Å². The Kier molecular flexibility index (Phi) is 14.4. The highest BCUT2D eigenvalue weighted by atomic mass is 19.1. The van der Waals surface area contributed by atoms with Crippen molar-refractivity contribution in [2.45, 2.75) is 157 Å². The molecule has 1 heterocycles. The first kappa shape index (κ1) is 37.9. The number of anilines is 1. The summed E-state index contributed by atoms with van der Waals surface area (Å²) in [6, 6.07) is 4.07. The number of halogens is 1. The SMILES string of the molecule is C=C([C@@H]1C[C@H](C(=O)N[C@@H](CCCC)CC(C)C)CN(C(=O)OC(C)(C)C)C1)N(c1cc(CCCCCC)c(CC)cc1F)C1CC1. The molecule has 0 aromatic heterocycles. The maximum absolute atomic E-state index is 15.9. The van der Waals surface area contributed by atoms with Gasteiger partial charge in [0.05, 0.1) is 11.6 Å². The van der Waals surface area contributed by atoms with Crippen LogP contribution in [0.15, 0.2) is 24.4 Å². The predicted molar refractivity (Wildman–Crippen MR) is 189 cm³/mol. The second kappa shape index (κ2) is 17.5. The van der Waals surface area contributed by atoms with Gasteiger partial charge in [-0.05, 0) is 101 Å². The molecule has 1 aliphatic carbocycles. The molecule has 7 heteroatoms. The number of hydrogen-bond acceptors (Lipinski definition) is 4. The van der Waals surface area contributed by atoms with E-state index in [0.29, 0.717) is 31.1 Å². The normalized spacial score (nSPS) is 19.2. The number of hydrogen-bond donors (Lipinski definition) is 1. The Balaban J connectivity index is 1.92. The van der Waals surface area contributed by atoms with E-state index in [1.807, 2.05) is 20.8 Å². The molecule has 2 amide bonds. The number of unbranched alkanes of at least 4 members (excludes halogenated alkanes) is 4. The molecule has 46 heavy (non-hydrogen) atoms. The van der Waals surface area contributed by atoms with E-state index in [2.05, 4.69) is 57.5 Å². The standard InChI is InChI=1S/C39H64FN3O3/c1-10-13-15-16-17-30-24-36(35(40)23-29(30)12-3)43(34-19-20-34)28(6)31-22-32(26-42(25-31)38(45)46-39(7,8)9)37(44)41-33(18-14-11-2)21-27(4)5/h23-24,27,31-34H,6,10-22,25-26H2,1-5,7-9H3,(H,41,44)/t31-,32+,33+/m1/s1. The lowest BCUT2D eigenvalue weighted by molar-refractivity contribution is -0.128. The van der Waals surface area contributed by atoms with E-state index >= 15 is 4.39 Å². The summed E-state index contributed by atoms with van der Waals surface area (Å²) in [7, 11) is 0. The van der Waals surface area contributed by atoms with Crippen molar-refractivity contribution >= 4 is 17.7 Å². The summed E-state index contributed by atoms with van der Waals surface area (Å²) in [5.41, 5.74) is 3.01. The van der Waals surface area contributed by atoms with E-state index in [4.69, 9.17) is 4.74 Å². The molecule has 260 valence electrons. The van der Waals surface area contributed by atoms with Crippen molar-refractivity contribution in [3.8, 4) is 0 Å². The number of amides is 2. The molecule has 6 nitrogen and oxygen atoms in total. The summed E-state index contributed by atoms with van der Waals surface area (Å²) < 4.78 is 21.7. The van der Waals surface area contributed by atoms with Crippen LogP contribution < -0.4 is 10.2 Å². The van der Waals surface area contributed by atoms with Crippen LogP contribution in [0.4, 0.5) is 14.9 Å². The highest BCUT2D eigenvalue weighted by Gasteiger charge is 2.41. The van der Waals surface area contributed by atoms with Gasteiger partial charge in [-0.25, -0.2) is 9.18 Å². The maximum atomic E-state index is 15.9. The second-order valence-electron chi connectivity index (χ2n) is 15.3. The van der Waals surface area contributed by atoms with Crippen molar-refractivity contribution in [3.05, 3.63) is 41.4 Å². The fourth-order valence-corrected chi connectivity index (χ4v) is 6.84. The first-order valence-electron chi connectivity index (χ1n) is 18.3. The number of likely N-dealkylation sites (tertiary alicyclic amines) is 1. The number of carbonyl (C=O) groups is 2. The van der Waals surface area contributed by atoms with Crippen molar-refractivity contribution in [3.63, 3.8) is 0 Å². The monoisotopic (exact) mass is 641 g/mol. The summed E-state index contributed by atoms with van der Waals surface area (Å²) in [6.07, 6.45) is 12.5. The van der Waals surface area contributed by atoms with Crippen molar-refractivity contribution in [1.82, 2.24) is 10.2 Å². The van der Waals surface area contributed by atoms with Crippen LogP contribution in [0.2, 0.25) is 0 Å². The molecule has 3 rings (SSSR count). The van der Waals surface area contributed by atoms with Gasteiger partial charge in [-0.2, -0.15) is 0 Å². The summed E-state index contributed by atoms with van der Waals surface area (Å²) in [5, 5.41) is 3.35. The van der Waals surface area contributed by atoms with E-state index < -0.39 is 17.6 Å². The fraction of sp³-hybridized carbons (Fsp3) is 0.744. The van der Waals surface area contributed by atoms with Crippen LogP contribution >= 0.6 is 0 Å². The zero-order chi connectivity index (χ0) is 34.0. The molecule has 0 spiro atoms. The topological polar surface area (TPSA) is 61.9 Å². The first-order valence-corrected chi connectivity index (χ1v) is 18.3. The van der Waals surface area contributed by atoms with Gasteiger partial charge in [0.2, 0.25) is 5.91 Å². The smallest absolute Gasteiger partial charge is 0.410 e. The van der Waals surface area contributed by atoms with Gasteiger partial charge >= 0.3 is 6.09 Å². The Morgan fingerprint density at radius 1 is 1.02 bits per heavy atom. The summed E-state index contributed by atoms with van der Waals surface area (Å²) in [6.45, 7) is 21.7. The van der Waals surface area contributed by atoms with Crippen molar-refractivity contribution in [2.24, 2.45) is 17.8 Å². The van der Waals surface area contributed by atoms with Crippen LogP contribution in [0, 0.1) is 23.6 Å². The van der Waals surface area contributed by atoms with Gasteiger partial charge in [-0.15, -0.1) is 0 Å². The lowest BCUT2D eigenvalue weighted by atomic mass is 9.85. The zero-order valence-electron chi connectivity index (χ0n) is 30.4. The molecule has 1 N–H and O–H groups in total. The first-order chi connectivity index (χ1) is 21.8. The fourth-order valence-electron chi connectivity index (χ4n) is 6.84. The third kappa shape index (κ3) is 11.3. The molecule has 0 bridgehead atoms. The molecule has 2 fully saturated rings. The molecule has 2 aliphatic rings. The number of aryl methyl sites for hydroxylation is 2. The van der Waals surface area contributed by atoms with Crippen LogP contribution in [0.25, 0.3) is 0 Å². The van der Waals surface area contributed by atoms with Crippen molar-refractivity contribution in [1.29, 1.82) is 0 Å². The molecule has 1 aromatic carbocycles. The van der Waals surface area contributed by atoms with Crippen LogP contribution in [0.5, 0.6) is 0 Å². The van der Waals surface area contributed by atoms with Gasteiger partial charge in [-0.3, -0.25) is 4.79 Å². The Morgan fingerprint density at radius 2 is 1.70 bits per heavy atom. The highest BCUT2D eigenvalue weighted by molar-refractivity contribution is 5.80. The highest BCUT2D eigenvalue weighted by Crippen LogP contribution is 2.41. The number of rotatable bonds is 17. The molecular weight excluding hydrogens is 577 g/mol. The number of benzene rings is 1. The van der Waals surface area contributed by atoms with Gasteiger partial charge < -0.3 is 19.9 Å². The maximum Gasteiger partial charge on any atom is 0.410 e. The summed E-state index contributed by atoms with van der Waals surface area (Å²) in [4.78, 5) is 31.1. The van der Waals surface area contributed by atoms with Gasteiger partial charge in [0.15, 0.2) is 0 Å². The van der Waals surface area contributed by atoms with Crippen LogP contribution in [0.1, 0.15) is 137 Å². The van der Waals surface area contributed by atoms with E-state index in [9.17, 15) is 9.59 Å². The minimum atomic E-state index is -0.654. The van der Waals surface area contributed by atoms with Gasteiger partial charge in [0.25, 0.3) is 0 Å². The van der Waals surface area contributed by atoms with E-state index in [1.165, 1.54) is 24.8 Å². The summed E-state index contributed by atoms with van der Waals surface area (Å²) in [5.74, 6) is -0.365. The Hall–Kier alpha value is -2.57. The predicted octanol–water partition coefficient (Wildman–Crippen LogP) is 9.59. The Bertz CT molecular complexity index is 1160. The van der Waals surface area contributed by atoms with Crippen LogP contribution in [-0.4, -0.2) is 47.7 Å². The second-order valence-corrected chi connectivity index (χ2v) is 15.3. The average molecular weight is 642 g/mol. The molecule has 0 unspecified atom stereocenters. The molecule has 1 aliphatic heterocycles. The lowest BCUT2D eigenvalue weighted by Crippen LogP contribution is -2.52. The molecule has 3 atom stereocenters. The zero-order valence-corrected chi connectivity index (χ0v) is 30.4. The number of carbonyl (C=O) groups excluding carboxylic acids is 2. The minimum Gasteiger partial charge on any atom is -0.444 e. The number of nitrogens with zero attached hydrogens (tertiary/aromatic N) is 2. The number of ether oxygens (including phenoxy) is 1. The van der Waals surface area contributed by atoms with E-state index in [-0.39, 0.29) is 29.7 Å². The average Bonchev–Trinajstić information content (AvgIpc) is 3.83. The third-order valence-corrected chi connectivity index (χ3v) is 9.38. The van der Waals surface area contributed by atoms with Crippen molar-refractivity contribution < 1.29 is 18.7 Å². The molecule has 0 radical (unpaired) electrons. The largest absolute Gasteiger partial charge is 0.444 e. The van der Waals surface area contributed by atoms with Gasteiger partial charge in [0.1, 0.15) is 11.4 Å². The number of piperidine rings is 1. The molecule has 1 saturated heterocycles. The Labute approximate surface area is 279 Å². The van der Waals surface area contributed by atoms with E-state index in [1.54, 1.807) is 11.0 Å². The van der Waals surface area contributed by atoms with Crippen molar-refractivity contribution in [2.75, 3.05) is 18.0 Å². The lowest BCUT2D eigenvalue weighted by Gasteiger charge is -2.41. The molecule has 1 aromatic rings. The molecule has 1 saturated carbocycles. The number of nitrogens with one attached hydrogen (secondary N) is 1. The molecular formula is C39H64FN3O3. The Morgan fingerprint density at radius 3 is 2.28 bits per heavy atom. The van der Waals surface area contributed by atoms with Crippen LogP contribution in [-0.2, 0) is 22.4 Å². The van der Waals surface area contributed by atoms with Crippen LogP contribution in [0.3, 0.4) is 0 Å². The van der Waals surface area contributed by atoms with Gasteiger partial charge in [-0.1, -0.05) is 73.3 Å². The minimum absolute atomic E-state index is 0.0152. The van der Waals surface area contributed by atoms with Gasteiger partial charge in [0, 0.05) is 36.8 Å². The summed E-state index contributed by atoms with van der Waals surface area (Å²) >= 11 is 0.